The van der Waals surface area contributed by atoms with Crippen molar-refractivity contribution in [3.63, 3.8) is 0 Å². The van der Waals surface area contributed by atoms with Gasteiger partial charge in [-0.1, -0.05) is 50.6 Å². The summed E-state index contributed by atoms with van der Waals surface area (Å²) in [7, 11) is 0. The molecule has 0 N–H and O–H groups in total. The van der Waals surface area contributed by atoms with Gasteiger partial charge in [0.05, 0.1) is 0 Å². The van der Waals surface area contributed by atoms with Crippen molar-refractivity contribution in [2.45, 2.75) is 26.7 Å². The van der Waals surface area contributed by atoms with Crippen molar-refractivity contribution < 1.29 is 25.8 Å². The summed E-state index contributed by atoms with van der Waals surface area (Å²) in [6.45, 7) is 4.54. The van der Waals surface area contributed by atoms with Crippen molar-refractivity contribution in [1.29, 1.82) is 0 Å². The maximum absolute atomic E-state index is 3.54. The molecule has 0 heterocycles. The van der Waals surface area contributed by atoms with Crippen LogP contribution in [0, 0.1) is 64.0 Å². The molecule has 1 aliphatic rings. The van der Waals surface area contributed by atoms with Gasteiger partial charge in [-0.05, 0) is 16.7 Å². The molecule has 0 amide bonds. The van der Waals surface area contributed by atoms with Gasteiger partial charge in [-0.2, -0.15) is 23.8 Å². The third kappa shape index (κ3) is 11.2. The van der Waals surface area contributed by atoms with Crippen LogP contribution >= 0.6 is 0 Å². The molecule has 1 aliphatic carbocycles. The van der Waals surface area contributed by atoms with E-state index in [1.807, 2.05) is 30.3 Å². The summed E-state index contributed by atoms with van der Waals surface area (Å²) in [5.41, 5.74) is 4.29. The van der Waals surface area contributed by atoms with E-state index in [4.69, 9.17) is 0 Å². The molecule has 0 nitrogen and oxygen atoms in total. The topological polar surface area (TPSA) is 0 Å². The van der Waals surface area contributed by atoms with E-state index in [-0.39, 0.29) is 77.8 Å². The molecule has 0 radical (unpaired) electrons. The number of rotatable bonds is 2. The summed E-state index contributed by atoms with van der Waals surface area (Å²) in [4.78, 5) is 0. The molecule has 0 unspecified atom stereocenters. The molecule has 0 bridgehead atoms. The van der Waals surface area contributed by atoms with Crippen molar-refractivity contribution in [1.82, 2.24) is 0 Å². The second kappa shape index (κ2) is 20.9. The second-order valence-corrected chi connectivity index (χ2v) is 6.25. The van der Waals surface area contributed by atoms with Gasteiger partial charge in [0, 0.05) is 25.8 Å². The molecule has 3 aromatic rings. The van der Waals surface area contributed by atoms with Crippen LogP contribution in [0.1, 0.15) is 31.4 Å². The van der Waals surface area contributed by atoms with E-state index in [0.717, 1.165) is 12.8 Å². The fourth-order valence-electron chi connectivity index (χ4n) is 2.92. The quantitative estimate of drug-likeness (QED) is 0.213. The first-order valence-electron chi connectivity index (χ1n) is 8.02. The van der Waals surface area contributed by atoms with E-state index in [1.54, 1.807) is 0 Å². The summed E-state index contributed by atoms with van der Waals surface area (Å²) in [5, 5.41) is 2.69. The Morgan fingerprint density at radius 1 is 0.800 bits per heavy atom. The molecule has 0 aromatic heterocycles. The molecule has 3 aromatic carbocycles. The third-order valence-corrected chi connectivity index (χ3v) is 3.96. The van der Waals surface area contributed by atoms with Crippen LogP contribution in [0.25, 0.3) is 16.3 Å². The molecular formula is C29H43Hf-9. The summed E-state index contributed by atoms with van der Waals surface area (Å²) >= 11 is 0. The standard InChI is InChI=1S/C17H17.C5H5.7CH3.Hf/c1-12(2)9-15-7-8-16-10-13-5-3-4-6-14(13)11-17(15)16;1-2-4-5-3-1;;;;;;;;/h3-6,10-12H,8-9H2,1-2H3;1-5H;7*1H3;/q9*-1;. The molecule has 172 valence electrons. The maximum atomic E-state index is 3.54. The fourth-order valence-corrected chi connectivity index (χ4v) is 2.92. The van der Waals surface area contributed by atoms with E-state index >= 15 is 0 Å². The molecule has 0 fully saturated rings. The molecule has 4 rings (SSSR count). The molecular weight excluding hydrogens is 527 g/mol. The van der Waals surface area contributed by atoms with Crippen LogP contribution < -0.4 is 0 Å². The van der Waals surface area contributed by atoms with Gasteiger partial charge < -0.3 is 52.0 Å². The van der Waals surface area contributed by atoms with Gasteiger partial charge in [-0.15, -0.1) is 18.1 Å². The van der Waals surface area contributed by atoms with Crippen LogP contribution in [0.2, 0.25) is 0 Å². The first kappa shape index (κ1) is 42.7. The van der Waals surface area contributed by atoms with Gasteiger partial charge in [0.15, 0.2) is 0 Å². The van der Waals surface area contributed by atoms with E-state index in [9.17, 15) is 0 Å². The minimum atomic E-state index is 0. The van der Waals surface area contributed by atoms with Crippen molar-refractivity contribution in [3.8, 4) is 0 Å². The zero-order valence-electron chi connectivity index (χ0n) is 20.8. The second-order valence-electron chi connectivity index (χ2n) is 6.25. The van der Waals surface area contributed by atoms with E-state index in [1.165, 1.54) is 27.5 Å². The van der Waals surface area contributed by atoms with Crippen LogP contribution in [0.5, 0.6) is 0 Å². The van der Waals surface area contributed by atoms with Crippen molar-refractivity contribution in [2.75, 3.05) is 0 Å². The maximum Gasteiger partial charge on any atom is 0 e. The van der Waals surface area contributed by atoms with Crippen LogP contribution in [-0.2, 0) is 32.3 Å². The van der Waals surface area contributed by atoms with Crippen LogP contribution in [0.3, 0.4) is 0 Å². The van der Waals surface area contributed by atoms with Crippen molar-refractivity contribution in [3.05, 3.63) is 136 Å². The Bertz CT molecular complexity index is 747. The van der Waals surface area contributed by atoms with Gasteiger partial charge in [-0.25, -0.2) is 17.7 Å². The Morgan fingerprint density at radius 3 is 1.73 bits per heavy atom. The van der Waals surface area contributed by atoms with Crippen molar-refractivity contribution >= 4 is 16.3 Å². The molecule has 0 aliphatic heterocycles. The smallest absolute Gasteiger partial charge is 0 e. The molecule has 0 saturated heterocycles. The number of fused-ring (bicyclic) bond motifs is 2. The Hall–Kier alpha value is -1.34. The zero-order chi connectivity index (χ0) is 15.4. The number of allylic oxidation sites excluding steroid dienone is 2. The molecule has 0 saturated carbocycles. The first-order valence-corrected chi connectivity index (χ1v) is 8.02. The Labute approximate surface area is 210 Å². The molecule has 30 heavy (non-hydrogen) atoms. The van der Waals surface area contributed by atoms with Crippen LogP contribution in [-0.4, -0.2) is 0 Å². The van der Waals surface area contributed by atoms with Crippen LogP contribution in [0.15, 0.2) is 66.7 Å². The SMILES string of the molecule is CC(C)CC1=[C-]Cc2cc3ccccc3cc21.[CH3-].[CH3-].[CH3-].[CH3-].[CH3-].[CH3-].[CH3-].[Hf].c1cc[cH-]c1. The summed E-state index contributed by atoms with van der Waals surface area (Å²) < 4.78 is 0. The summed E-state index contributed by atoms with van der Waals surface area (Å²) in [6.07, 6.45) is 5.68. The fraction of sp³-hybridized carbons (Fsp3) is 0.172. The Morgan fingerprint density at radius 2 is 1.30 bits per heavy atom. The normalized spacial score (nSPS) is 9.37. The van der Waals surface area contributed by atoms with E-state index in [0.29, 0.717) is 5.92 Å². The summed E-state index contributed by atoms with van der Waals surface area (Å²) in [5.74, 6) is 0.704. The predicted molar refractivity (Wildman–Crippen MR) is 141 cm³/mol. The largest absolute Gasteiger partial charge is 0.358 e. The third-order valence-electron chi connectivity index (χ3n) is 3.96. The average Bonchev–Trinajstić information content (AvgIpc) is 3.19. The number of hydrogen-bond donors (Lipinski definition) is 0. The number of benzene rings is 2. The van der Waals surface area contributed by atoms with Gasteiger partial charge in [0.25, 0.3) is 0 Å². The minimum absolute atomic E-state index is 0. The first-order chi connectivity index (χ1) is 10.7. The van der Waals surface area contributed by atoms with Crippen LogP contribution in [0.4, 0.5) is 0 Å². The molecule has 1 heteroatoms. The molecule has 0 atom stereocenters. The van der Waals surface area contributed by atoms with Gasteiger partial charge in [0.1, 0.15) is 0 Å². The summed E-state index contributed by atoms with van der Waals surface area (Å²) in [6, 6.07) is 23.3. The van der Waals surface area contributed by atoms with Gasteiger partial charge in [-0.3, -0.25) is 6.08 Å². The predicted octanol–water partition coefficient (Wildman–Crippen LogP) is 9.18. The van der Waals surface area contributed by atoms with Gasteiger partial charge >= 0.3 is 0 Å². The average molecular weight is 570 g/mol. The minimum Gasteiger partial charge on any atom is -0.358 e. The Balaban J connectivity index is -0.0000000997. The monoisotopic (exact) mass is 571 g/mol. The van der Waals surface area contributed by atoms with E-state index in [2.05, 4.69) is 56.3 Å². The Kier molecular flexibility index (Phi) is 29.8. The van der Waals surface area contributed by atoms with Crippen molar-refractivity contribution in [2.24, 2.45) is 5.92 Å². The molecule has 0 spiro atoms. The van der Waals surface area contributed by atoms with E-state index < -0.39 is 0 Å². The van der Waals surface area contributed by atoms with Gasteiger partial charge in [0.2, 0.25) is 0 Å². The number of hydrogen-bond acceptors (Lipinski definition) is 0. The zero-order valence-corrected chi connectivity index (χ0v) is 24.4.